The van der Waals surface area contributed by atoms with Crippen molar-refractivity contribution in [3.63, 3.8) is 0 Å². The topological polar surface area (TPSA) is 65.9 Å². The predicted molar refractivity (Wildman–Crippen MR) is 175 cm³/mol. The number of likely N-dealkylation sites (N-methyl/N-ethyl adjacent to an activating group) is 1. The number of thiazole rings is 1. The van der Waals surface area contributed by atoms with Crippen molar-refractivity contribution < 1.29 is 19.0 Å². The monoisotopic (exact) mass is 621 g/mol. The van der Waals surface area contributed by atoms with Gasteiger partial charge in [-0.3, -0.25) is 9.69 Å². The minimum Gasteiger partial charge on any atom is -0.497 e. The first-order valence-electron chi connectivity index (χ1n) is 16.2. The number of methoxy groups -OCH3 is 1. The van der Waals surface area contributed by atoms with Crippen molar-refractivity contribution in [2.45, 2.75) is 83.2 Å². The molecule has 44 heavy (non-hydrogen) atoms. The van der Waals surface area contributed by atoms with Crippen molar-refractivity contribution in [3.05, 3.63) is 81.1 Å². The predicted octanol–water partition coefficient (Wildman–Crippen LogP) is 7.23. The summed E-state index contributed by atoms with van der Waals surface area (Å²) in [5, 5.41) is 11.1. The Labute approximate surface area is 266 Å². The van der Waals surface area contributed by atoms with E-state index in [1.165, 1.54) is 27.2 Å². The van der Waals surface area contributed by atoms with Gasteiger partial charge in [-0.1, -0.05) is 45.0 Å². The number of benzene rings is 2. The van der Waals surface area contributed by atoms with Crippen LogP contribution in [-0.2, 0) is 17.6 Å². The summed E-state index contributed by atoms with van der Waals surface area (Å²) < 4.78 is 19.6. The second-order valence-electron chi connectivity index (χ2n) is 13.1. The maximum Gasteiger partial charge on any atom is 0.321 e. The molecule has 8 heteroatoms. The summed E-state index contributed by atoms with van der Waals surface area (Å²) in [6.07, 6.45) is 5.82. The Kier molecular flexibility index (Phi) is 10.8. The van der Waals surface area contributed by atoms with Gasteiger partial charge in [0, 0.05) is 23.9 Å². The quantitative estimate of drug-likeness (QED) is 0.230. The van der Waals surface area contributed by atoms with Crippen LogP contribution in [0.1, 0.15) is 85.0 Å². The van der Waals surface area contributed by atoms with Gasteiger partial charge in [0.15, 0.2) is 0 Å². The number of halogens is 1. The zero-order valence-electron chi connectivity index (χ0n) is 26.8. The lowest BCUT2D eigenvalue weighted by molar-refractivity contribution is -0.145. The van der Waals surface area contributed by atoms with E-state index >= 15 is 0 Å². The number of carbonyl (C=O) groups is 1. The Morgan fingerprint density at radius 1 is 1.16 bits per heavy atom. The molecule has 1 aliphatic carbocycles. The molecule has 1 N–H and O–H groups in total. The number of ether oxygens (including phenoxy) is 1. The maximum absolute atomic E-state index is 14.3. The smallest absolute Gasteiger partial charge is 0.321 e. The molecule has 2 heterocycles. The average Bonchev–Trinajstić information content (AvgIpc) is 3.62. The molecule has 5 rings (SSSR count). The van der Waals surface area contributed by atoms with E-state index in [0.29, 0.717) is 11.8 Å². The number of aliphatic carboxylic acids is 1. The highest BCUT2D eigenvalue weighted by Gasteiger charge is 2.42. The van der Waals surface area contributed by atoms with Crippen LogP contribution in [0.15, 0.2) is 48.5 Å². The summed E-state index contributed by atoms with van der Waals surface area (Å²) >= 11 is 1.89. The number of rotatable bonds is 12. The summed E-state index contributed by atoms with van der Waals surface area (Å²) in [7, 11) is 3.65. The lowest BCUT2D eigenvalue weighted by Crippen LogP contribution is -2.47. The van der Waals surface area contributed by atoms with Crippen molar-refractivity contribution in [1.82, 2.24) is 14.8 Å². The van der Waals surface area contributed by atoms with E-state index in [2.05, 4.69) is 28.9 Å². The van der Waals surface area contributed by atoms with Crippen molar-refractivity contribution in [2.75, 3.05) is 33.8 Å². The number of carboxylic acids is 1. The Hall–Kier alpha value is -2.81. The van der Waals surface area contributed by atoms with Crippen LogP contribution in [-0.4, -0.2) is 71.7 Å². The van der Waals surface area contributed by atoms with Gasteiger partial charge in [0.05, 0.1) is 17.8 Å². The number of piperidine rings is 1. The molecule has 0 radical (unpaired) electrons. The molecule has 0 bridgehead atoms. The van der Waals surface area contributed by atoms with E-state index in [-0.39, 0.29) is 23.7 Å². The van der Waals surface area contributed by atoms with E-state index < -0.39 is 12.0 Å². The van der Waals surface area contributed by atoms with Crippen LogP contribution in [0.5, 0.6) is 5.75 Å². The highest BCUT2D eigenvalue weighted by Crippen LogP contribution is 2.44. The normalized spacial score (nSPS) is 22.1. The minimum absolute atomic E-state index is 0.0136. The SMILES string of the molecule is CCc1nc(Cc2ccc(OC)cc2)sc1C1CCN(CC2CC(N(C)[C@@H](C(=O)O)C(C)C)CC2c2cccc(F)c2)CC1. The number of nitrogens with zero attached hydrogens (tertiary/aromatic N) is 3. The first-order chi connectivity index (χ1) is 21.2. The second-order valence-corrected chi connectivity index (χ2v) is 14.2. The van der Waals surface area contributed by atoms with Crippen LogP contribution < -0.4 is 4.74 Å². The van der Waals surface area contributed by atoms with Gasteiger partial charge in [0.25, 0.3) is 0 Å². The standard InChI is InChI=1S/C36H48FN3O3S/c1-6-32-35(44-33(38-32)18-24-10-12-30(43-5)13-11-24)25-14-16-40(17-15-25)22-27-20-29(39(4)34(23(2)3)36(41)42)21-31(27)26-8-7-9-28(37)19-26/h7-13,19,23,25,27,29,31,34H,6,14-18,20-22H2,1-5H3,(H,41,42)/t27?,29?,31?,34-/m1/s1. The van der Waals surface area contributed by atoms with Gasteiger partial charge < -0.3 is 14.7 Å². The lowest BCUT2D eigenvalue weighted by atomic mass is 9.87. The third-order valence-electron chi connectivity index (χ3n) is 9.92. The number of carboxylic acid groups (broad SMARTS) is 1. The second kappa shape index (κ2) is 14.5. The fourth-order valence-corrected chi connectivity index (χ4v) is 8.98. The molecular weight excluding hydrogens is 573 g/mol. The maximum atomic E-state index is 14.3. The van der Waals surface area contributed by atoms with Gasteiger partial charge in [-0.15, -0.1) is 11.3 Å². The van der Waals surface area contributed by atoms with Crippen LogP contribution in [0.3, 0.4) is 0 Å². The molecule has 3 aromatic rings. The fourth-order valence-electron chi connectivity index (χ4n) is 7.62. The molecule has 0 amide bonds. The number of likely N-dealkylation sites (tertiary alicyclic amines) is 1. The zero-order valence-corrected chi connectivity index (χ0v) is 27.7. The van der Waals surface area contributed by atoms with Crippen molar-refractivity contribution in [3.8, 4) is 5.75 Å². The Bertz CT molecular complexity index is 1390. The van der Waals surface area contributed by atoms with E-state index in [1.807, 2.05) is 56.5 Å². The van der Waals surface area contributed by atoms with Crippen molar-refractivity contribution in [1.29, 1.82) is 0 Å². The molecule has 2 fully saturated rings. The van der Waals surface area contributed by atoms with Gasteiger partial charge in [-0.2, -0.15) is 0 Å². The van der Waals surface area contributed by atoms with Crippen molar-refractivity contribution >= 4 is 17.3 Å². The molecule has 4 atom stereocenters. The third kappa shape index (κ3) is 7.52. The summed E-state index contributed by atoms with van der Waals surface area (Å²) in [5.41, 5.74) is 3.54. The van der Waals surface area contributed by atoms with Gasteiger partial charge in [-0.25, -0.2) is 9.37 Å². The van der Waals surface area contributed by atoms with Crippen LogP contribution in [0.25, 0.3) is 0 Å². The molecule has 2 aromatic carbocycles. The number of hydrogen-bond acceptors (Lipinski definition) is 6. The number of aromatic nitrogens is 1. The van der Waals surface area contributed by atoms with Crippen LogP contribution in [0.2, 0.25) is 0 Å². The molecule has 1 aliphatic heterocycles. The van der Waals surface area contributed by atoms with E-state index in [1.54, 1.807) is 13.2 Å². The van der Waals surface area contributed by atoms with Crippen LogP contribution in [0.4, 0.5) is 4.39 Å². The largest absolute Gasteiger partial charge is 0.497 e. The van der Waals surface area contributed by atoms with Gasteiger partial charge >= 0.3 is 5.97 Å². The highest BCUT2D eigenvalue weighted by molar-refractivity contribution is 7.11. The van der Waals surface area contributed by atoms with Gasteiger partial charge in [-0.05, 0) is 111 Å². The fraction of sp³-hybridized carbons (Fsp3) is 0.556. The summed E-state index contributed by atoms with van der Waals surface area (Å²) in [6, 6.07) is 14.9. The van der Waals surface area contributed by atoms with E-state index in [9.17, 15) is 14.3 Å². The highest BCUT2D eigenvalue weighted by atomic mass is 32.1. The lowest BCUT2D eigenvalue weighted by Gasteiger charge is -2.35. The molecule has 1 saturated carbocycles. The number of aryl methyl sites for hydroxylation is 1. The summed E-state index contributed by atoms with van der Waals surface area (Å²) in [4.78, 5) is 23.3. The molecule has 0 spiro atoms. The van der Waals surface area contributed by atoms with E-state index in [4.69, 9.17) is 9.72 Å². The summed E-state index contributed by atoms with van der Waals surface area (Å²) in [6.45, 7) is 9.20. The van der Waals surface area contributed by atoms with Crippen LogP contribution >= 0.6 is 11.3 Å². The third-order valence-corrected chi connectivity index (χ3v) is 11.2. The van der Waals surface area contributed by atoms with E-state index in [0.717, 1.165) is 69.5 Å². The number of hydrogen-bond donors (Lipinski definition) is 1. The average molecular weight is 622 g/mol. The van der Waals surface area contributed by atoms with Crippen LogP contribution in [0, 0.1) is 17.7 Å². The molecular formula is C36H48FN3O3S. The summed E-state index contributed by atoms with van der Waals surface area (Å²) in [5.74, 6) is 1.02. The molecule has 3 unspecified atom stereocenters. The first kappa shape index (κ1) is 32.6. The molecule has 1 aromatic heterocycles. The Morgan fingerprint density at radius 2 is 1.89 bits per heavy atom. The zero-order chi connectivity index (χ0) is 31.4. The molecule has 2 aliphatic rings. The Morgan fingerprint density at radius 3 is 2.50 bits per heavy atom. The first-order valence-corrected chi connectivity index (χ1v) is 17.0. The molecule has 6 nitrogen and oxygen atoms in total. The van der Waals surface area contributed by atoms with Gasteiger partial charge in [0.1, 0.15) is 17.6 Å². The minimum atomic E-state index is -0.767. The van der Waals surface area contributed by atoms with Crippen molar-refractivity contribution in [2.24, 2.45) is 11.8 Å². The Balaban J connectivity index is 1.25. The molecule has 1 saturated heterocycles. The van der Waals surface area contributed by atoms with Gasteiger partial charge in [0.2, 0.25) is 0 Å². The molecule has 238 valence electrons.